The third kappa shape index (κ3) is 4.23. The van der Waals surface area contributed by atoms with Gasteiger partial charge in [-0.25, -0.2) is 0 Å². The number of hydrogen-bond acceptors (Lipinski definition) is 4. The first kappa shape index (κ1) is 17.8. The summed E-state index contributed by atoms with van der Waals surface area (Å²) in [6.07, 6.45) is 9.22. The summed E-state index contributed by atoms with van der Waals surface area (Å²) in [6, 6.07) is 0. The van der Waals surface area contributed by atoms with Crippen LogP contribution in [0.25, 0.3) is 10.6 Å². The largest absolute Gasteiger partial charge is 0.589 e. The van der Waals surface area contributed by atoms with E-state index >= 15 is 0 Å². The topological polar surface area (TPSA) is 92.0 Å². The number of quaternary nitrogens is 2. The maximum absolute atomic E-state index is 5.11. The summed E-state index contributed by atoms with van der Waals surface area (Å²) < 4.78 is 0. The summed E-state index contributed by atoms with van der Waals surface area (Å²) in [4.78, 5) is 5.27. The highest BCUT2D eigenvalue weighted by atomic mass is 15.6. The zero-order valence-electron chi connectivity index (χ0n) is 15.9. The summed E-state index contributed by atoms with van der Waals surface area (Å²) >= 11 is 0. The van der Waals surface area contributed by atoms with Crippen LogP contribution in [-0.4, -0.2) is 73.7 Å². The minimum atomic E-state index is 0.291. The summed E-state index contributed by atoms with van der Waals surface area (Å²) in [5, 5.41) is 10.2. The number of hydrogen-bond donors (Lipinski definition) is 4. The van der Waals surface area contributed by atoms with Crippen molar-refractivity contribution in [3.63, 3.8) is 0 Å². The van der Waals surface area contributed by atoms with Crippen molar-refractivity contribution < 1.29 is 10.9 Å². The van der Waals surface area contributed by atoms with Gasteiger partial charge in [-0.3, -0.25) is 15.8 Å². The summed E-state index contributed by atoms with van der Waals surface area (Å²) in [5.74, 6) is 1.56. The van der Waals surface area contributed by atoms with Crippen LogP contribution in [0, 0.1) is 11.8 Å². The molecule has 148 valence electrons. The fourth-order valence-electron chi connectivity index (χ4n) is 5.72. The Morgan fingerprint density at radius 2 is 1.35 bits per heavy atom. The Hall–Kier alpha value is -0.320. The lowest BCUT2D eigenvalue weighted by molar-refractivity contribution is -0.722. The molecule has 0 aromatic rings. The Balaban J connectivity index is 1.28. The van der Waals surface area contributed by atoms with Crippen LogP contribution >= 0.6 is 0 Å². The maximum Gasteiger partial charge on any atom is 0.0353 e. The molecule has 26 heavy (non-hydrogen) atoms. The molecule has 6 N–H and O–H groups in total. The Kier molecular flexibility index (Phi) is 5.44. The molecule has 0 aromatic heterocycles. The first-order chi connectivity index (χ1) is 12.8. The number of nitrogens with two attached hydrogens (primary N) is 2. The van der Waals surface area contributed by atoms with Gasteiger partial charge in [0.15, 0.2) is 0 Å². The minimum absolute atomic E-state index is 0.291. The Labute approximate surface area is 157 Å². The van der Waals surface area contributed by atoms with E-state index < -0.39 is 0 Å². The van der Waals surface area contributed by atoms with Crippen LogP contribution < -0.4 is 21.7 Å². The number of nitrogens with zero attached hydrogens (tertiary/aromatic N) is 4. The van der Waals surface area contributed by atoms with Crippen molar-refractivity contribution in [1.82, 2.24) is 20.7 Å². The second kappa shape index (κ2) is 7.97. The van der Waals surface area contributed by atoms with Gasteiger partial charge in [-0.05, 0) is 82.3 Å². The van der Waals surface area contributed by atoms with Crippen molar-refractivity contribution in [3.8, 4) is 0 Å². The highest BCUT2D eigenvalue weighted by Crippen LogP contribution is 2.28. The van der Waals surface area contributed by atoms with Crippen LogP contribution in [0.1, 0.15) is 38.5 Å². The maximum atomic E-state index is 5.11. The van der Waals surface area contributed by atoms with E-state index in [1.54, 1.807) is 0 Å². The summed E-state index contributed by atoms with van der Waals surface area (Å²) in [7, 11) is 0. The van der Waals surface area contributed by atoms with E-state index in [0.717, 1.165) is 24.9 Å². The standard InChI is InChI=1S/C18H34N8/c1-3-13-7-15-19-16(22-21-15)8-14-4-2-6-26(10-14)12-18-20-17(23-24-18)11-25(5-1)9-13/h13-18,21-24H,1-12H2/q-2/p+2. The van der Waals surface area contributed by atoms with Crippen LogP contribution in [0.4, 0.5) is 0 Å². The van der Waals surface area contributed by atoms with Crippen molar-refractivity contribution >= 4 is 0 Å². The van der Waals surface area contributed by atoms with Crippen LogP contribution in [0.3, 0.4) is 0 Å². The molecule has 8 atom stereocenters. The average molecular weight is 365 g/mol. The highest BCUT2D eigenvalue weighted by molar-refractivity contribution is 5.00. The second-order valence-electron chi connectivity index (χ2n) is 9.14. The fraction of sp³-hybridized carbons (Fsp3) is 1.00. The van der Waals surface area contributed by atoms with Crippen molar-refractivity contribution in [2.24, 2.45) is 11.8 Å². The quantitative estimate of drug-likeness (QED) is 0.391. The average Bonchev–Trinajstić information content (AvgIpc) is 3.24. The Morgan fingerprint density at radius 3 is 2.19 bits per heavy atom. The monoisotopic (exact) mass is 364 g/mol. The van der Waals surface area contributed by atoms with Gasteiger partial charge in [0.2, 0.25) is 0 Å². The van der Waals surface area contributed by atoms with Gasteiger partial charge in [-0.1, -0.05) is 0 Å². The molecule has 8 heteroatoms. The Morgan fingerprint density at radius 1 is 0.692 bits per heavy atom. The molecule has 0 aromatic carbocycles. The summed E-state index contributed by atoms with van der Waals surface area (Å²) in [5.41, 5.74) is 11.7. The third-order valence-corrected chi connectivity index (χ3v) is 6.92. The van der Waals surface area contributed by atoms with Gasteiger partial charge in [0.25, 0.3) is 0 Å². The van der Waals surface area contributed by atoms with E-state index in [-0.39, 0.29) is 0 Å². The summed E-state index contributed by atoms with van der Waals surface area (Å²) in [6.45, 7) is 7.06. The third-order valence-electron chi connectivity index (χ3n) is 6.92. The zero-order valence-corrected chi connectivity index (χ0v) is 15.9. The molecule has 5 aliphatic heterocycles. The SMILES string of the molecule is C1CC2CC3[N-]C(CC4CCCN(C4)CC4[N-]C(CN(C1)C2)N[NH2+]4)[NH2+]N3. The number of nitrogens with one attached hydrogen (secondary N) is 2. The molecule has 0 spiro atoms. The van der Waals surface area contributed by atoms with Crippen LogP contribution in [0.15, 0.2) is 0 Å². The van der Waals surface area contributed by atoms with Gasteiger partial charge in [-0.15, -0.1) is 0 Å². The molecule has 0 radical (unpaired) electrons. The molecule has 8 bridgehead atoms. The van der Waals surface area contributed by atoms with E-state index in [1.165, 1.54) is 64.7 Å². The van der Waals surface area contributed by atoms with E-state index in [9.17, 15) is 0 Å². The normalized spacial score (nSPS) is 49.8. The molecule has 0 aliphatic carbocycles. The number of rotatable bonds is 0. The van der Waals surface area contributed by atoms with Crippen LogP contribution in [0.5, 0.6) is 0 Å². The molecular weight excluding hydrogens is 328 g/mol. The molecule has 5 aliphatic rings. The van der Waals surface area contributed by atoms with Gasteiger partial charge in [0, 0.05) is 32.0 Å². The minimum Gasteiger partial charge on any atom is -0.589 e. The predicted octanol–water partition coefficient (Wildman–Crippen LogP) is -1.58. The van der Waals surface area contributed by atoms with Gasteiger partial charge in [-0.2, -0.15) is 10.9 Å². The van der Waals surface area contributed by atoms with Crippen molar-refractivity contribution in [3.05, 3.63) is 10.6 Å². The second-order valence-corrected chi connectivity index (χ2v) is 9.14. The molecule has 5 heterocycles. The van der Waals surface area contributed by atoms with Gasteiger partial charge in [0.05, 0.1) is 0 Å². The number of fused-ring (bicyclic) bond motifs is 8. The smallest absolute Gasteiger partial charge is 0.0353 e. The van der Waals surface area contributed by atoms with Gasteiger partial charge >= 0.3 is 0 Å². The van der Waals surface area contributed by atoms with Gasteiger partial charge in [0.1, 0.15) is 0 Å². The van der Waals surface area contributed by atoms with E-state index in [1.807, 2.05) is 0 Å². The van der Waals surface area contributed by atoms with Crippen molar-refractivity contribution in [2.45, 2.75) is 63.2 Å². The number of piperidine rings is 2. The van der Waals surface area contributed by atoms with E-state index in [4.69, 9.17) is 10.6 Å². The molecule has 8 unspecified atom stereocenters. The Bertz CT molecular complexity index is 398. The van der Waals surface area contributed by atoms with Crippen LogP contribution in [0.2, 0.25) is 0 Å². The highest BCUT2D eigenvalue weighted by Gasteiger charge is 2.29. The predicted molar refractivity (Wildman–Crippen MR) is 99.6 cm³/mol. The molecule has 0 amide bonds. The van der Waals surface area contributed by atoms with Gasteiger partial charge < -0.3 is 15.5 Å². The van der Waals surface area contributed by atoms with Crippen LogP contribution in [-0.2, 0) is 0 Å². The lowest BCUT2D eigenvalue weighted by atomic mass is 9.92. The van der Waals surface area contributed by atoms with E-state index in [0.29, 0.717) is 24.7 Å². The zero-order chi connectivity index (χ0) is 17.3. The van der Waals surface area contributed by atoms with Crippen molar-refractivity contribution in [2.75, 3.05) is 39.3 Å². The molecular formula is C18H36N8. The lowest BCUT2D eigenvalue weighted by Gasteiger charge is -2.40. The molecule has 5 saturated heterocycles. The first-order valence-electron chi connectivity index (χ1n) is 10.8. The molecule has 5 rings (SSSR count). The molecule has 5 fully saturated rings. The lowest BCUT2D eigenvalue weighted by Crippen LogP contribution is -2.96. The molecule has 8 nitrogen and oxygen atoms in total. The van der Waals surface area contributed by atoms with E-state index in [2.05, 4.69) is 31.5 Å². The van der Waals surface area contributed by atoms with Crippen molar-refractivity contribution in [1.29, 1.82) is 0 Å². The fourth-order valence-corrected chi connectivity index (χ4v) is 5.72. The first-order valence-corrected chi connectivity index (χ1v) is 10.8. The molecule has 0 saturated carbocycles.